The monoisotopic (exact) mass is 329 g/mol. The second-order valence-electron chi connectivity index (χ2n) is 4.89. The Morgan fingerprint density at radius 1 is 1.53 bits per heavy atom. The number of rotatable bonds is 6. The maximum Gasteiger partial charge on any atom is 0.144 e. The normalized spacial score (nSPS) is 12.3. The predicted molar refractivity (Wildman–Crippen MR) is 81.0 cm³/mol. The lowest BCUT2D eigenvalue weighted by molar-refractivity contribution is 0.306. The van der Waals surface area contributed by atoms with Crippen molar-refractivity contribution in [3.63, 3.8) is 0 Å². The zero-order valence-electron chi connectivity index (χ0n) is 11.4. The summed E-state index contributed by atoms with van der Waals surface area (Å²) < 4.78 is 6.26. The Morgan fingerprint density at radius 2 is 2.21 bits per heavy atom. The maximum absolute atomic E-state index is 8.72. The fourth-order valence-electron chi connectivity index (χ4n) is 1.59. The Bertz CT molecular complexity index is 461. The van der Waals surface area contributed by atoms with Gasteiger partial charge in [-0.1, -0.05) is 34.9 Å². The number of nitrogens with one attached hydrogen (secondary N) is 1. The number of ether oxygens (including phenoxy) is 1. The molecular weight excluding hydrogens is 310 g/mol. The van der Waals surface area contributed by atoms with Crippen LogP contribution in [0.4, 0.5) is 5.69 Å². The molecule has 5 nitrogen and oxygen atoms in total. The van der Waals surface area contributed by atoms with Gasteiger partial charge < -0.3 is 21.0 Å². The number of nitrogens with zero attached hydrogens (tertiary/aromatic N) is 1. The molecule has 0 unspecified atom stereocenters. The molecule has 0 aromatic heterocycles. The molecule has 0 fully saturated rings. The van der Waals surface area contributed by atoms with Crippen molar-refractivity contribution in [2.24, 2.45) is 16.3 Å². The summed E-state index contributed by atoms with van der Waals surface area (Å²) in [6.45, 7) is 4.56. The summed E-state index contributed by atoms with van der Waals surface area (Å²) in [7, 11) is 1.63. The van der Waals surface area contributed by atoms with Crippen molar-refractivity contribution in [1.29, 1.82) is 0 Å². The molecule has 1 aromatic rings. The molecule has 6 heteroatoms. The highest BCUT2D eigenvalue weighted by molar-refractivity contribution is 9.10. The Labute approximate surface area is 122 Å². The Balaban J connectivity index is 2.65. The molecular formula is C13H20BrN3O2. The Morgan fingerprint density at radius 3 is 2.79 bits per heavy atom. The number of benzene rings is 1. The predicted octanol–water partition coefficient (Wildman–Crippen LogP) is 3.03. The van der Waals surface area contributed by atoms with Crippen LogP contribution in [0.25, 0.3) is 0 Å². The van der Waals surface area contributed by atoms with E-state index in [0.717, 1.165) is 22.3 Å². The molecule has 0 bridgehead atoms. The van der Waals surface area contributed by atoms with Crippen LogP contribution in [-0.2, 0) is 0 Å². The molecule has 0 atom stereocenters. The first-order valence-corrected chi connectivity index (χ1v) is 6.75. The summed E-state index contributed by atoms with van der Waals surface area (Å²) in [4.78, 5) is 0. The van der Waals surface area contributed by atoms with Crippen molar-refractivity contribution in [1.82, 2.24) is 0 Å². The van der Waals surface area contributed by atoms with Crippen LogP contribution in [0.2, 0.25) is 0 Å². The fourth-order valence-corrected chi connectivity index (χ4v) is 1.95. The first-order chi connectivity index (χ1) is 8.90. The van der Waals surface area contributed by atoms with E-state index in [1.807, 2.05) is 32.0 Å². The average Bonchev–Trinajstić information content (AvgIpc) is 2.37. The van der Waals surface area contributed by atoms with Crippen molar-refractivity contribution in [2.75, 3.05) is 19.0 Å². The third-order valence-electron chi connectivity index (χ3n) is 3.03. The van der Waals surface area contributed by atoms with E-state index in [-0.39, 0.29) is 11.3 Å². The van der Waals surface area contributed by atoms with Gasteiger partial charge in [-0.25, -0.2) is 0 Å². The number of nitrogens with two attached hydrogens (primary N) is 1. The molecule has 0 heterocycles. The van der Waals surface area contributed by atoms with E-state index in [4.69, 9.17) is 15.7 Å². The van der Waals surface area contributed by atoms with Crippen molar-refractivity contribution < 1.29 is 9.94 Å². The Kier molecular flexibility index (Phi) is 5.47. The zero-order valence-corrected chi connectivity index (χ0v) is 13.0. The highest BCUT2D eigenvalue weighted by Gasteiger charge is 2.23. The van der Waals surface area contributed by atoms with E-state index in [2.05, 4.69) is 26.4 Å². The number of oxime groups is 1. The van der Waals surface area contributed by atoms with Crippen LogP contribution < -0.4 is 15.8 Å². The third kappa shape index (κ3) is 4.31. The van der Waals surface area contributed by atoms with E-state index < -0.39 is 0 Å². The number of amidine groups is 1. The van der Waals surface area contributed by atoms with Gasteiger partial charge in [0.15, 0.2) is 0 Å². The van der Waals surface area contributed by atoms with Gasteiger partial charge in [0.25, 0.3) is 0 Å². The van der Waals surface area contributed by atoms with Crippen molar-refractivity contribution in [3.8, 4) is 5.75 Å². The van der Waals surface area contributed by atoms with Gasteiger partial charge in [0.2, 0.25) is 0 Å². The van der Waals surface area contributed by atoms with Crippen LogP contribution in [0, 0.1) is 5.41 Å². The summed E-state index contributed by atoms with van der Waals surface area (Å²) in [5.41, 5.74) is 6.20. The zero-order chi connectivity index (χ0) is 14.5. The van der Waals surface area contributed by atoms with Crippen LogP contribution in [0.15, 0.2) is 27.8 Å². The van der Waals surface area contributed by atoms with Crippen LogP contribution in [0.1, 0.15) is 20.3 Å². The lowest BCUT2D eigenvalue weighted by atomic mass is 9.88. The number of hydrogen-bond acceptors (Lipinski definition) is 4. The summed E-state index contributed by atoms with van der Waals surface area (Å²) >= 11 is 3.42. The van der Waals surface area contributed by atoms with Gasteiger partial charge >= 0.3 is 0 Å². The minimum atomic E-state index is -0.360. The van der Waals surface area contributed by atoms with Crippen LogP contribution in [0.5, 0.6) is 5.75 Å². The largest absolute Gasteiger partial charge is 0.495 e. The molecule has 1 aromatic carbocycles. The molecule has 19 heavy (non-hydrogen) atoms. The first kappa shape index (κ1) is 15.6. The lowest BCUT2D eigenvalue weighted by Crippen LogP contribution is -2.33. The summed E-state index contributed by atoms with van der Waals surface area (Å²) in [6, 6.07) is 5.76. The molecule has 0 radical (unpaired) electrons. The van der Waals surface area contributed by atoms with E-state index >= 15 is 0 Å². The van der Waals surface area contributed by atoms with Gasteiger partial charge in [-0.05, 0) is 24.6 Å². The summed E-state index contributed by atoms with van der Waals surface area (Å²) in [6.07, 6.45) is 0.735. The highest BCUT2D eigenvalue weighted by Crippen LogP contribution is 2.28. The number of halogens is 1. The Hall–Kier alpha value is -1.43. The second kappa shape index (κ2) is 6.65. The molecule has 1 rings (SSSR count). The van der Waals surface area contributed by atoms with Crippen molar-refractivity contribution in [3.05, 3.63) is 22.7 Å². The lowest BCUT2D eigenvalue weighted by Gasteiger charge is -2.23. The maximum atomic E-state index is 8.72. The van der Waals surface area contributed by atoms with Gasteiger partial charge in [-0.2, -0.15) is 0 Å². The van der Waals surface area contributed by atoms with E-state index in [1.165, 1.54) is 0 Å². The molecule has 0 saturated carbocycles. The number of methoxy groups -OCH3 is 1. The molecule has 106 valence electrons. The average molecular weight is 330 g/mol. The molecule has 4 N–H and O–H groups in total. The van der Waals surface area contributed by atoms with Gasteiger partial charge in [0.1, 0.15) is 11.6 Å². The summed E-state index contributed by atoms with van der Waals surface area (Å²) in [5.74, 6) is 1.01. The quantitative estimate of drug-likeness (QED) is 0.324. The van der Waals surface area contributed by atoms with Gasteiger partial charge in [-0.3, -0.25) is 0 Å². The van der Waals surface area contributed by atoms with E-state index in [1.54, 1.807) is 7.11 Å². The van der Waals surface area contributed by atoms with Gasteiger partial charge in [-0.15, -0.1) is 0 Å². The van der Waals surface area contributed by atoms with Gasteiger partial charge in [0.05, 0.1) is 12.8 Å². The van der Waals surface area contributed by atoms with Crippen molar-refractivity contribution >= 4 is 27.5 Å². The number of hydrogen-bond donors (Lipinski definition) is 3. The van der Waals surface area contributed by atoms with Gasteiger partial charge in [0, 0.05) is 16.4 Å². The minimum Gasteiger partial charge on any atom is -0.495 e. The molecule has 0 saturated heterocycles. The van der Waals surface area contributed by atoms with Crippen LogP contribution in [0.3, 0.4) is 0 Å². The molecule has 0 aliphatic rings. The molecule has 0 spiro atoms. The topological polar surface area (TPSA) is 79.9 Å². The van der Waals surface area contributed by atoms with Crippen molar-refractivity contribution in [2.45, 2.75) is 20.3 Å². The minimum absolute atomic E-state index is 0.232. The molecule has 0 amide bonds. The summed E-state index contributed by atoms with van der Waals surface area (Å²) in [5, 5.41) is 15.1. The molecule has 0 aliphatic heterocycles. The second-order valence-corrected chi connectivity index (χ2v) is 5.81. The smallest absolute Gasteiger partial charge is 0.144 e. The number of anilines is 1. The fraction of sp³-hybridized carbons (Fsp3) is 0.462. The first-order valence-electron chi connectivity index (χ1n) is 5.96. The SMILES string of the molecule is COc1ccc(Br)cc1NCCC(C)(C)C(N)=NO. The van der Waals surface area contributed by atoms with Crippen LogP contribution >= 0.6 is 15.9 Å². The third-order valence-corrected chi connectivity index (χ3v) is 3.52. The highest BCUT2D eigenvalue weighted by atomic mass is 79.9. The van der Waals surface area contributed by atoms with Crippen LogP contribution in [-0.4, -0.2) is 24.7 Å². The van der Waals surface area contributed by atoms with E-state index in [9.17, 15) is 0 Å². The molecule has 0 aliphatic carbocycles. The standard InChI is InChI=1S/C13H20BrN3O2/c1-13(2,12(15)17-18)6-7-16-10-8-9(14)4-5-11(10)19-3/h4-5,8,16,18H,6-7H2,1-3H3,(H2,15,17). The van der Waals surface area contributed by atoms with E-state index in [0.29, 0.717) is 6.54 Å².